The minimum absolute atomic E-state index is 0.211. The topological polar surface area (TPSA) is 46.3 Å². The molecule has 3 heteroatoms. The summed E-state index contributed by atoms with van der Waals surface area (Å²) in [7, 11) is 0. The van der Waals surface area contributed by atoms with Gasteiger partial charge in [0.2, 0.25) is 5.91 Å². The van der Waals surface area contributed by atoms with E-state index in [4.69, 9.17) is 5.73 Å². The zero-order chi connectivity index (χ0) is 11.5. The van der Waals surface area contributed by atoms with Gasteiger partial charge in [-0.3, -0.25) is 4.79 Å². The van der Waals surface area contributed by atoms with Crippen molar-refractivity contribution in [3.63, 3.8) is 0 Å². The Morgan fingerprint density at radius 2 is 2.07 bits per heavy atom. The minimum atomic E-state index is -0.211. The summed E-state index contributed by atoms with van der Waals surface area (Å²) in [4.78, 5) is 14.3. The van der Waals surface area contributed by atoms with Crippen molar-refractivity contribution in [1.82, 2.24) is 4.90 Å². The Morgan fingerprint density at radius 1 is 1.47 bits per heavy atom. The zero-order valence-electron chi connectivity index (χ0n) is 10.3. The van der Waals surface area contributed by atoms with Gasteiger partial charge in [0, 0.05) is 18.0 Å². The van der Waals surface area contributed by atoms with Crippen LogP contribution in [0.3, 0.4) is 0 Å². The first-order chi connectivity index (χ1) is 7.03. The van der Waals surface area contributed by atoms with Crippen molar-refractivity contribution in [2.75, 3.05) is 13.1 Å². The van der Waals surface area contributed by atoms with Gasteiger partial charge in [-0.05, 0) is 32.2 Å². The molecule has 1 aliphatic rings. The average Bonchev–Trinajstić information content (AvgIpc) is 3.02. The number of carbonyl (C=O) groups excluding carboxylic acids is 1. The van der Waals surface area contributed by atoms with E-state index >= 15 is 0 Å². The average molecular weight is 212 g/mol. The number of rotatable bonds is 6. The quantitative estimate of drug-likeness (QED) is 0.729. The van der Waals surface area contributed by atoms with Gasteiger partial charge >= 0.3 is 0 Å². The maximum atomic E-state index is 12.3. The second-order valence-electron chi connectivity index (χ2n) is 5.11. The first kappa shape index (κ1) is 12.5. The molecule has 88 valence electrons. The molecule has 0 aromatic carbocycles. The third-order valence-corrected chi connectivity index (χ3v) is 3.31. The van der Waals surface area contributed by atoms with Crippen LogP contribution in [0.5, 0.6) is 0 Å². The molecule has 1 saturated carbocycles. The van der Waals surface area contributed by atoms with E-state index in [2.05, 4.69) is 11.8 Å². The van der Waals surface area contributed by atoms with Gasteiger partial charge in [-0.1, -0.05) is 20.8 Å². The smallest absolute Gasteiger partial charge is 0.228 e. The highest BCUT2D eigenvalue weighted by Gasteiger charge is 2.38. The Kier molecular flexibility index (Phi) is 4.14. The number of hydrogen-bond acceptors (Lipinski definition) is 2. The standard InChI is InChI=1S/C12H24N2O/c1-4-12(2,3)11(15)14(9-5-8-13)10-6-7-10/h10H,4-9,13H2,1-3H3. The summed E-state index contributed by atoms with van der Waals surface area (Å²) in [6.45, 7) is 7.65. The zero-order valence-corrected chi connectivity index (χ0v) is 10.3. The largest absolute Gasteiger partial charge is 0.339 e. The Bertz CT molecular complexity index is 222. The second kappa shape index (κ2) is 4.97. The molecule has 0 aliphatic heterocycles. The Morgan fingerprint density at radius 3 is 2.47 bits per heavy atom. The number of nitrogens with two attached hydrogens (primary N) is 1. The van der Waals surface area contributed by atoms with Crippen molar-refractivity contribution in [3.8, 4) is 0 Å². The lowest BCUT2D eigenvalue weighted by atomic mass is 9.88. The molecule has 0 atom stereocenters. The summed E-state index contributed by atoms with van der Waals surface area (Å²) in [5.74, 6) is 0.306. The van der Waals surface area contributed by atoms with Gasteiger partial charge in [0.1, 0.15) is 0 Å². The van der Waals surface area contributed by atoms with Crippen molar-refractivity contribution in [2.24, 2.45) is 11.1 Å². The lowest BCUT2D eigenvalue weighted by Gasteiger charge is -2.31. The molecule has 0 radical (unpaired) electrons. The molecule has 1 rings (SSSR count). The van der Waals surface area contributed by atoms with Crippen LogP contribution in [0, 0.1) is 5.41 Å². The molecular weight excluding hydrogens is 188 g/mol. The Hall–Kier alpha value is -0.570. The van der Waals surface area contributed by atoms with Gasteiger partial charge in [0.25, 0.3) is 0 Å². The van der Waals surface area contributed by atoms with E-state index in [1.165, 1.54) is 12.8 Å². The monoisotopic (exact) mass is 212 g/mol. The summed E-state index contributed by atoms with van der Waals surface area (Å²) in [5, 5.41) is 0. The molecule has 15 heavy (non-hydrogen) atoms. The number of hydrogen-bond donors (Lipinski definition) is 1. The van der Waals surface area contributed by atoms with Crippen LogP contribution < -0.4 is 5.73 Å². The van der Waals surface area contributed by atoms with Crippen LogP contribution in [-0.4, -0.2) is 29.9 Å². The molecule has 1 fully saturated rings. The third kappa shape index (κ3) is 3.20. The van der Waals surface area contributed by atoms with Crippen LogP contribution in [0.4, 0.5) is 0 Å². The van der Waals surface area contributed by atoms with Gasteiger partial charge in [0.05, 0.1) is 0 Å². The summed E-state index contributed by atoms with van der Waals surface area (Å²) in [6, 6.07) is 0.509. The maximum absolute atomic E-state index is 12.3. The van der Waals surface area contributed by atoms with Gasteiger partial charge in [-0.15, -0.1) is 0 Å². The molecule has 0 heterocycles. The van der Waals surface area contributed by atoms with E-state index in [1.54, 1.807) is 0 Å². The van der Waals surface area contributed by atoms with E-state index < -0.39 is 0 Å². The van der Waals surface area contributed by atoms with Gasteiger partial charge in [-0.2, -0.15) is 0 Å². The van der Waals surface area contributed by atoms with E-state index in [0.29, 0.717) is 18.5 Å². The van der Waals surface area contributed by atoms with Gasteiger partial charge in [0.15, 0.2) is 0 Å². The van der Waals surface area contributed by atoms with Crippen LogP contribution in [0.25, 0.3) is 0 Å². The summed E-state index contributed by atoms with van der Waals surface area (Å²) < 4.78 is 0. The predicted molar refractivity (Wildman–Crippen MR) is 62.5 cm³/mol. The highest BCUT2D eigenvalue weighted by Crippen LogP contribution is 2.32. The fourth-order valence-corrected chi connectivity index (χ4v) is 1.64. The fraction of sp³-hybridized carbons (Fsp3) is 0.917. The van der Waals surface area contributed by atoms with Crippen molar-refractivity contribution >= 4 is 5.91 Å². The summed E-state index contributed by atoms with van der Waals surface area (Å²) >= 11 is 0. The molecule has 0 unspecified atom stereocenters. The summed E-state index contributed by atoms with van der Waals surface area (Å²) in [5.41, 5.74) is 5.29. The maximum Gasteiger partial charge on any atom is 0.228 e. The van der Waals surface area contributed by atoms with E-state index in [0.717, 1.165) is 19.4 Å². The van der Waals surface area contributed by atoms with E-state index in [9.17, 15) is 4.79 Å². The fourth-order valence-electron chi connectivity index (χ4n) is 1.64. The third-order valence-electron chi connectivity index (χ3n) is 3.31. The number of amides is 1. The number of carbonyl (C=O) groups is 1. The second-order valence-corrected chi connectivity index (χ2v) is 5.11. The van der Waals surface area contributed by atoms with Gasteiger partial charge in [-0.25, -0.2) is 0 Å². The number of nitrogens with zero attached hydrogens (tertiary/aromatic N) is 1. The lowest BCUT2D eigenvalue weighted by molar-refractivity contribution is -0.141. The van der Waals surface area contributed by atoms with Crippen molar-refractivity contribution in [3.05, 3.63) is 0 Å². The SMILES string of the molecule is CCC(C)(C)C(=O)N(CCCN)C1CC1. The molecule has 1 amide bonds. The summed E-state index contributed by atoms with van der Waals surface area (Å²) in [6.07, 6.45) is 4.17. The van der Waals surface area contributed by atoms with Crippen molar-refractivity contribution in [2.45, 2.75) is 52.5 Å². The molecule has 0 spiro atoms. The predicted octanol–water partition coefficient (Wildman–Crippen LogP) is 1.76. The minimum Gasteiger partial charge on any atom is -0.339 e. The van der Waals surface area contributed by atoms with Gasteiger partial charge < -0.3 is 10.6 Å². The highest BCUT2D eigenvalue weighted by molar-refractivity contribution is 5.82. The molecule has 0 aromatic heterocycles. The highest BCUT2D eigenvalue weighted by atomic mass is 16.2. The first-order valence-electron chi connectivity index (χ1n) is 6.04. The van der Waals surface area contributed by atoms with Crippen LogP contribution in [0.15, 0.2) is 0 Å². The van der Waals surface area contributed by atoms with Crippen LogP contribution in [-0.2, 0) is 4.79 Å². The molecule has 0 bridgehead atoms. The first-order valence-corrected chi connectivity index (χ1v) is 6.04. The molecule has 2 N–H and O–H groups in total. The lowest BCUT2D eigenvalue weighted by Crippen LogP contribution is -2.43. The van der Waals surface area contributed by atoms with E-state index in [-0.39, 0.29) is 5.41 Å². The van der Waals surface area contributed by atoms with Crippen molar-refractivity contribution < 1.29 is 4.79 Å². The Labute approximate surface area is 93.0 Å². The normalized spacial score (nSPS) is 16.5. The van der Waals surface area contributed by atoms with E-state index in [1.807, 2.05) is 13.8 Å². The molecule has 0 aromatic rings. The van der Waals surface area contributed by atoms with Crippen molar-refractivity contribution in [1.29, 1.82) is 0 Å². The van der Waals surface area contributed by atoms with Crippen LogP contribution >= 0.6 is 0 Å². The Balaban J connectivity index is 2.58. The molecule has 3 nitrogen and oxygen atoms in total. The van der Waals surface area contributed by atoms with Crippen LogP contribution in [0.1, 0.15) is 46.5 Å². The van der Waals surface area contributed by atoms with Crippen LogP contribution in [0.2, 0.25) is 0 Å². The molecule has 1 aliphatic carbocycles. The molecular formula is C12H24N2O. The molecule has 0 saturated heterocycles.